The van der Waals surface area contributed by atoms with E-state index in [-0.39, 0.29) is 19.6 Å². The van der Waals surface area contributed by atoms with Gasteiger partial charge in [0, 0.05) is 26.2 Å². The summed E-state index contributed by atoms with van der Waals surface area (Å²) in [6.07, 6.45) is 1.98. The Labute approximate surface area is 137 Å². The normalized spacial score (nSPS) is 27.4. The van der Waals surface area contributed by atoms with E-state index in [1.54, 1.807) is 0 Å². The summed E-state index contributed by atoms with van der Waals surface area (Å²) in [6.45, 7) is 1.21. The van der Waals surface area contributed by atoms with Crippen LogP contribution in [-0.2, 0) is 23.2 Å². The molecule has 0 bridgehead atoms. The molecule has 23 heavy (non-hydrogen) atoms. The van der Waals surface area contributed by atoms with Gasteiger partial charge in [0.05, 0.1) is 12.2 Å². The second-order valence-electron chi connectivity index (χ2n) is 6.50. The van der Waals surface area contributed by atoms with Crippen molar-refractivity contribution in [3.63, 3.8) is 0 Å². The molecule has 1 fully saturated rings. The molecule has 0 aliphatic carbocycles. The molecule has 0 aromatic heterocycles. The third-order valence-corrected chi connectivity index (χ3v) is 6.90. The maximum absolute atomic E-state index is 12.9. The molecular formula is C16H24N2O4S. The van der Waals surface area contributed by atoms with Crippen molar-refractivity contribution in [3.05, 3.63) is 35.4 Å². The van der Waals surface area contributed by atoms with Crippen LogP contribution in [0.1, 0.15) is 30.4 Å². The topological polar surface area (TPSA) is 81.1 Å². The molecule has 0 spiro atoms. The first-order chi connectivity index (χ1) is 10.9. The average Bonchev–Trinajstić information content (AvgIpc) is 2.77. The molecule has 1 aromatic carbocycles. The van der Waals surface area contributed by atoms with Crippen LogP contribution in [0, 0.1) is 0 Å². The number of hydrogen-bond donors (Lipinski definition) is 2. The summed E-state index contributed by atoms with van der Waals surface area (Å²) in [5.74, 6) is 0. The standard InChI is InChI=1S/C16H24N2O4S/c19-13-16(20)7-3-9-17(11-8-16)23(21,22)18-10-6-14-4-1-2-5-15(14)12-18/h1-2,4-5,19-20H,3,6-13H2. The van der Waals surface area contributed by atoms with Gasteiger partial charge in [0.2, 0.25) is 0 Å². The van der Waals surface area contributed by atoms with Gasteiger partial charge in [-0.2, -0.15) is 17.0 Å². The lowest BCUT2D eigenvalue weighted by Crippen LogP contribution is -2.46. The highest BCUT2D eigenvalue weighted by atomic mass is 32.2. The van der Waals surface area contributed by atoms with E-state index in [0.717, 1.165) is 12.0 Å². The van der Waals surface area contributed by atoms with Gasteiger partial charge < -0.3 is 10.2 Å². The van der Waals surface area contributed by atoms with Gasteiger partial charge >= 0.3 is 0 Å². The van der Waals surface area contributed by atoms with E-state index in [9.17, 15) is 18.6 Å². The van der Waals surface area contributed by atoms with Crippen molar-refractivity contribution < 1.29 is 18.6 Å². The Morgan fingerprint density at radius 3 is 2.52 bits per heavy atom. The summed E-state index contributed by atoms with van der Waals surface area (Å²) in [6, 6.07) is 7.94. The van der Waals surface area contributed by atoms with Gasteiger partial charge in [0.15, 0.2) is 0 Å². The lowest BCUT2D eigenvalue weighted by molar-refractivity contribution is -0.0244. The third-order valence-electron chi connectivity index (χ3n) is 4.92. The molecule has 7 heteroatoms. The van der Waals surface area contributed by atoms with E-state index < -0.39 is 15.8 Å². The monoisotopic (exact) mass is 340 g/mol. The van der Waals surface area contributed by atoms with Crippen LogP contribution in [0.25, 0.3) is 0 Å². The minimum absolute atomic E-state index is 0.248. The number of hydrogen-bond acceptors (Lipinski definition) is 4. The summed E-state index contributed by atoms with van der Waals surface area (Å²) in [4.78, 5) is 0. The first kappa shape index (κ1) is 16.9. The number of nitrogens with zero attached hydrogens (tertiary/aromatic N) is 2. The van der Waals surface area contributed by atoms with Crippen molar-refractivity contribution >= 4 is 10.2 Å². The number of rotatable bonds is 3. The fraction of sp³-hybridized carbons (Fsp3) is 0.625. The van der Waals surface area contributed by atoms with Crippen LogP contribution in [0.5, 0.6) is 0 Å². The molecule has 1 unspecified atom stereocenters. The zero-order valence-electron chi connectivity index (χ0n) is 13.2. The average molecular weight is 340 g/mol. The van der Waals surface area contributed by atoms with Crippen molar-refractivity contribution in [2.24, 2.45) is 0 Å². The number of aliphatic hydroxyl groups is 2. The van der Waals surface area contributed by atoms with Gasteiger partial charge in [-0.3, -0.25) is 0 Å². The fourth-order valence-corrected chi connectivity index (χ4v) is 5.01. The molecule has 1 atom stereocenters. The summed E-state index contributed by atoms with van der Waals surface area (Å²) in [5.41, 5.74) is 1.12. The third kappa shape index (κ3) is 3.44. The number of fused-ring (bicyclic) bond motifs is 1. The van der Waals surface area contributed by atoms with Gasteiger partial charge in [-0.05, 0) is 36.8 Å². The van der Waals surface area contributed by atoms with Crippen LogP contribution in [0.3, 0.4) is 0 Å². The Morgan fingerprint density at radius 1 is 1.04 bits per heavy atom. The molecule has 1 aromatic rings. The van der Waals surface area contributed by atoms with Gasteiger partial charge in [-0.25, -0.2) is 0 Å². The first-order valence-corrected chi connectivity index (χ1v) is 9.50. The second kappa shape index (κ2) is 6.49. The molecule has 6 nitrogen and oxygen atoms in total. The van der Waals surface area contributed by atoms with Crippen LogP contribution in [0.2, 0.25) is 0 Å². The number of benzene rings is 1. The molecule has 1 saturated heterocycles. The Bertz CT molecular complexity index is 664. The highest BCUT2D eigenvalue weighted by Gasteiger charge is 2.36. The molecule has 3 rings (SSSR count). The molecule has 2 heterocycles. The predicted molar refractivity (Wildman–Crippen MR) is 86.9 cm³/mol. The minimum atomic E-state index is -3.54. The van der Waals surface area contributed by atoms with E-state index >= 15 is 0 Å². The molecule has 128 valence electrons. The lowest BCUT2D eigenvalue weighted by atomic mass is 9.96. The Balaban J connectivity index is 1.75. The van der Waals surface area contributed by atoms with Crippen LogP contribution >= 0.6 is 0 Å². The van der Waals surface area contributed by atoms with E-state index in [0.29, 0.717) is 32.5 Å². The molecule has 2 N–H and O–H groups in total. The molecule has 2 aliphatic heterocycles. The van der Waals surface area contributed by atoms with E-state index in [1.807, 2.05) is 24.3 Å². The summed E-state index contributed by atoms with van der Waals surface area (Å²) < 4.78 is 28.8. The zero-order valence-corrected chi connectivity index (χ0v) is 14.0. The van der Waals surface area contributed by atoms with E-state index in [4.69, 9.17) is 0 Å². The SMILES string of the molecule is O=S(=O)(N1CCCC(O)(CO)CC1)N1CCc2ccccc2C1. The summed E-state index contributed by atoms with van der Waals surface area (Å²) >= 11 is 0. The van der Waals surface area contributed by atoms with Crippen molar-refractivity contribution in [1.82, 2.24) is 8.61 Å². The van der Waals surface area contributed by atoms with Crippen LogP contribution in [0.4, 0.5) is 0 Å². The van der Waals surface area contributed by atoms with Gasteiger partial charge in [0.1, 0.15) is 0 Å². The summed E-state index contributed by atoms with van der Waals surface area (Å²) in [7, 11) is -3.54. The van der Waals surface area contributed by atoms with Crippen LogP contribution in [-0.4, -0.2) is 59.1 Å². The van der Waals surface area contributed by atoms with Gasteiger partial charge in [0.25, 0.3) is 10.2 Å². The maximum atomic E-state index is 12.9. The molecule has 0 radical (unpaired) electrons. The van der Waals surface area contributed by atoms with Crippen molar-refractivity contribution in [2.75, 3.05) is 26.2 Å². The smallest absolute Gasteiger partial charge is 0.282 e. The Morgan fingerprint density at radius 2 is 1.78 bits per heavy atom. The second-order valence-corrected chi connectivity index (χ2v) is 8.42. The first-order valence-electron chi connectivity index (χ1n) is 8.10. The lowest BCUT2D eigenvalue weighted by Gasteiger charge is -2.32. The van der Waals surface area contributed by atoms with Gasteiger partial charge in [-0.1, -0.05) is 24.3 Å². The largest absolute Gasteiger partial charge is 0.393 e. The Kier molecular flexibility index (Phi) is 4.75. The molecular weight excluding hydrogens is 316 g/mol. The van der Waals surface area contributed by atoms with Crippen LogP contribution in [0.15, 0.2) is 24.3 Å². The minimum Gasteiger partial charge on any atom is -0.393 e. The van der Waals surface area contributed by atoms with E-state index in [2.05, 4.69) is 0 Å². The van der Waals surface area contributed by atoms with Crippen molar-refractivity contribution in [3.8, 4) is 0 Å². The zero-order chi connectivity index (χ0) is 16.5. The molecule has 2 aliphatic rings. The summed E-state index contributed by atoms with van der Waals surface area (Å²) in [5, 5.41) is 19.5. The van der Waals surface area contributed by atoms with Crippen molar-refractivity contribution in [2.45, 2.75) is 37.8 Å². The predicted octanol–water partition coefficient (Wildman–Crippen LogP) is 0.499. The van der Waals surface area contributed by atoms with Crippen molar-refractivity contribution in [1.29, 1.82) is 0 Å². The fourth-order valence-electron chi connectivity index (χ4n) is 3.37. The molecule has 0 saturated carbocycles. The highest BCUT2D eigenvalue weighted by Crippen LogP contribution is 2.27. The van der Waals surface area contributed by atoms with E-state index in [1.165, 1.54) is 14.2 Å². The quantitative estimate of drug-likeness (QED) is 0.840. The van der Waals surface area contributed by atoms with Crippen LogP contribution < -0.4 is 0 Å². The Hall–Kier alpha value is -0.990. The maximum Gasteiger partial charge on any atom is 0.282 e. The van der Waals surface area contributed by atoms with Gasteiger partial charge in [-0.15, -0.1) is 0 Å². The molecule has 0 amide bonds. The number of aliphatic hydroxyl groups excluding tert-OH is 1. The highest BCUT2D eigenvalue weighted by molar-refractivity contribution is 7.86.